The fourth-order valence-electron chi connectivity index (χ4n) is 1.35. The first kappa shape index (κ1) is 9.50. The van der Waals surface area contributed by atoms with Crippen molar-refractivity contribution in [3.63, 3.8) is 0 Å². The van der Waals surface area contributed by atoms with Crippen molar-refractivity contribution in [3.05, 3.63) is 53.3 Å². The van der Waals surface area contributed by atoms with Crippen LogP contribution in [0.4, 0.5) is 0 Å². The van der Waals surface area contributed by atoms with Gasteiger partial charge in [-0.1, -0.05) is 12.1 Å². The molecule has 0 bridgehead atoms. The molecule has 0 N–H and O–H groups in total. The van der Waals surface area contributed by atoms with Crippen molar-refractivity contribution >= 4 is 11.9 Å². The molecular formula is C13H10O2. The lowest BCUT2D eigenvalue weighted by Gasteiger charge is -1.99. The topological polar surface area (TPSA) is 26.3 Å². The van der Waals surface area contributed by atoms with E-state index < -0.39 is 0 Å². The number of ketones is 1. The summed E-state index contributed by atoms with van der Waals surface area (Å²) in [6.45, 7) is 0. The summed E-state index contributed by atoms with van der Waals surface area (Å²) in [7, 11) is 1.63. The maximum absolute atomic E-state index is 11.3. The molecular weight excluding hydrogens is 188 g/mol. The average molecular weight is 198 g/mol. The van der Waals surface area contributed by atoms with Gasteiger partial charge in [-0.15, -0.1) is 5.73 Å². The van der Waals surface area contributed by atoms with Gasteiger partial charge >= 0.3 is 0 Å². The zero-order valence-electron chi connectivity index (χ0n) is 8.36. The number of carbonyl (C=O) groups is 1. The van der Waals surface area contributed by atoms with Crippen LogP contribution in [0.1, 0.15) is 5.56 Å². The number of ether oxygens (including phenoxy) is 1. The highest BCUT2D eigenvalue weighted by atomic mass is 16.5. The van der Waals surface area contributed by atoms with Gasteiger partial charge in [0.25, 0.3) is 0 Å². The van der Waals surface area contributed by atoms with E-state index in [1.54, 1.807) is 13.2 Å². The van der Waals surface area contributed by atoms with E-state index in [9.17, 15) is 4.79 Å². The lowest BCUT2D eigenvalue weighted by Crippen LogP contribution is -1.90. The van der Waals surface area contributed by atoms with Gasteiger partial charge in [-0.05, 0) is 29.8 Å². The summed E-state index contributed by atoms with van der Waals surface area (Å²) in [6.07, 6.45) is 4.96. The van der Waals surface area contributed by atoms with Crippen LogP contribution in [0.3, 0.4) is 0 Å². The Labute approximate surface area is 88.2 Å². The first-order valence-corrected chi connectivity index (χ1v) is 4.62. The molecule has 1 aliphatic carbocycles. The van der Waals surface area contributed by atoms with Crippen LogP contribution in [-0.4, -0.2) is 12.9 Å². The van der Waals surface area contributed by atoms with Crippen molar-refractivity contribution in [3.8, 4) is 5.75 Å². The number of carbonyl (C=O) groups excluding carboxylic acids is 1. The van der Waals surface area contributed by atoms with Gasteiger partial charge in [0.2, 0.25) is 0 Å². The summed E-state index contributed by atoms with van der Waals surface area (Å²) in [5, 5.41) is 0. The Kier molecular flexibility index (Phi) is 2.53. The molecule has 1 aliphatic rings. The largest absolute Gasteiger partial charge is 0.497 e. The number of methoxy groups -OCH3 is 1. The summed E-state index contributed by atoms with van der Waals surface area (Å²) in [5.74, 6) is 0.814. The number of benzene rings is 1. The van der Waals surface area contributed by atoms with Gasteiger partial charge in [0.05, 0.1) is 7.11 Å². The summed E-state index contributed by atoms with van der Waals surface area (Å²) >= 11 is 0. The molecule has 0 spiro atoms. The van der Waals surface area contributed by atoms with Gasteiger partial charge < -0.3 is 4.74 Å². The third kappa shape index (κ3) is 2.06. The highest BCUT2D eigenvalue weighted by molar-refractivity contribution is 6.11. The van der Waals surface area contributed by atoms with E-state index in [1.807, 2.05) is 30.3 Å². The summed E-state index contributed by atoms with van der Waals surface area (Å²) in [6, 6.07) is 7.54. The highest BCUT2D eigenvalue weighted by Gasteiger charge is 2.06. The summed E-state index contributed by atoms with van der Waals surface area (Å²) < 4.78 is 5.05. The van der Waals surface area contributed by atoms with Crippen LogP contribution in [0, 0.1) is 0 Å². The molecule has 1 aromatic carbocycles. The van der Waals surface area contributed by atoms with E-state index in [0.717, 1.165) is 11.3 Å². The molecule has 0 saturated heterocycles. The Balaban J connectivity index is 2.25. The Bertz CT molecular complexity index is 472. The minimum atomic E-state index is 0.00539. The smallest absolute Gasteiger partial charge is 0.194 e. The zero-order valence-corrected chi connectivity index (χ0v) is 8.36. The fraction of sp³-hybridized carbons (Fsp3) is 0.0769. The molecule has 0 fully saturated rings. The molecule has 0 amide bonds. The second-order valence-electron chi connectivity index (χ2n) is 3.19. The van der Waals surface area contributed by atoms with Crippen molar-refractivity contribution in [2.75, 3.05) is 7.11 Å². The van der Waals surface area contributed by atoms with Crippen molar-refractivity contribution in [1.29, 1.82) is 0 Å². The normalized spacial score (nSPS) is 16.3. The quantitative estimate of drug-likeness (QED) is 0.538. The molecule has 2 nitrogen and oxygen atoms in total. The molecule has 0 atom stereocenters. The van der Waals surface area contributed by atoms with Gasteiger partial charge in [-0.2, -0.15) is 0 Å². The lowest BCUT2D eigenvalue weighted by atomic mass is 10.1. The number of hydrogen-bond donors (Lipinski definition) is 0. The van der Waals surface area contributed by atoms with Crippen LogP contribution in [-0.2, 0) is 4.79 Å². The van der Waals surface area contributed by atoms with Crippen LogP contribution < -0.4 is 4.74 Å². The first-order chi connectivity index (χ1) is 7.29. The maximum atomic E-state index is 11.3. The molecule has 15 heavy (non-hydrogen) atoms. The van der Waals surface area contributed by atoms with Gasteiger partial charge in [-0.3, -0.25) is 4.79 Å². The molecule has 1 aromatic rings. The molecule has 2 heteroatoms. The fourth-order valence-corrected chi connectivity index (χ4v) is 1.35. The maximum Gasteiger partial charge on any atom is 0.194 e. The standard InChI is InChI=1S/C13H10O2/c1-15-12-7-5-10(6-8-12)9-11-3-2-4-13(11)14/h3-9H,1H3/b11-9+. The van der Waals surface area contributed by atoms with Gasteiger partial charge in [0.15, 0.2) is 5.78 Å². The van der Waals surface area contributed by atoms with E-state index in [0.29, 0.717) is 5.57 Å². The molecule has 74 valence electrons. The van der Waals surface area contributed by atoms with Crippen LogP contribution in [0.5, 0.6) is 5.75 Å². The van der Waals surface area contributed by atoms with Crippen LogP contribution in [0.15, 0.2) is 47.7 Å². The van der Waals surface area contributed by atoms with Crippen molar-refractivity contribution in [2.45, 2.75) is 0 Å². The minimum absolute atomic E-state index is 0.00539. The Morgan fingerprint density at radius 2 is 1.93 bits per heavy atom. The average Bonchev–Trinajstić information content (AvgIpc) is 2.66. The van der Waals surface area contributed by atoms with E-state index >= 15 is 0 Å². The lowest BCUT2D eigenvalue weighted by molar-refractivity contribution is -0.110. The Hall–Kier alpha value is -2.05. The van der Waals surface area contributed by atoms with Crippen LogP contribution in [0.25, 0.3) is 6.08 Å². The number of allylic oxidation sites excluding steroid dienone is 2. The van der Waals surface area contributed by atoms with Gasteiger partial charge in [0.1, 0.15) is 5.75 Å². The Morgan fingerprint density at radius 1 is 1.20 bits per heavy atom. The van der Waals surface area contributed by atoms with Crippen molar-refractivity contribution in [1.82, 2.24) is 0 Å². The molecule has 0 saturated carbocycles. The van der Waals surface area contributed by atoms with Crippen molar-refractivity contribution in [2.24, 2.45) is 0 Å². The van der Waals surface area contributed by atoms with Crippen LogP contribution >= 0.6 is 0 Å². The summed E-state index contributed by atoms with van der Waals surface area (Å²) in [5.41, 5.74) is 4.42. The molecule has 2 rings (SSSR count). The van der Waals surface area contributed by atoms with E-state index in [4.69, 9.17) is 4.74 Å². The van der Waals surface area contributed by atoms with E-state index in [-0.39, 0.29) is 5.78 Å². The van der Waals surface area contributed by atoms with Gasteiger partial charge in [-0.25, -0.2) is 0 Å². The monoisotopic (exact) mass is 198 g/mol. The van der Waals surface area contributed by atoms with E-state index in [2.05, 4.69) is 5.73 Å². The number of hydrogen-bond acceptors (Lipinski definition) is 2. The predicted molar refractivity (Wildman–Crippen MR) is 58.6 cm³/mol. The second-order valence-corrected chi connectivity index (χ2v) is 3.19. The zero-order chi connectivity index (χ0) is 10.7. The molecule has 0 aliphatic heterocycles. The summed E-state index contributed by atoms with van der Waals surface area (Å²) in [4.78, 5) is 11.3. The first-order valence-electron chi connectivity index (χ1n) is 4.62. The number of rotatable bonds is 2. The third-order valence-corrected chi connectivity index (χ3v) is 2.18. The Morgan fingerprint density at radius 3 is 2.47 bits per heavy atom. The van der Waals surface area contributed by atoms with Crippen LogP contribution in [0.2, 0.25) is 0 Å². The minimum Gasteiger partial charge on any atom is -0.497 e. The predicted octanol–water partition coefficient (Wildman–Crippen LogP) is 2.37. The molecule has 0 radical (unpaired) electrons. The molecule has 0 aromatic heterocycles. The molecule has 0 heterocycles. The SMILES string of the molecule is COc1ccc(/C=C2\C=C=CC2=O)cc1. The van der Waals surface area contributed by atoms with Crippen molar-refractivity contribution < 1.29 is 9.53 Å². The third-order valence-electron chi connectivity index (χ3n) is 2.18. The van der Waals surface area contributed by atoms with E-state index in [1.165, 1.54) is 6.08 Å². The highest BCUT2D eigenvalue weighted by Crippen LogP contribution is 2.16. The van der Waals surface area contributed by atoms with Gasteiger partial charge in [0, 0.05) is 11.6 Å². The second kappa shape index (κ2) is 3.99. The molecule has 0 unspecified atom stereocenters.